The van der Waals surface area contributed by atoms with Gasteiger partial charge in [0.05, 0.1) is 0 Å². The van der Waals surface area contributed by atoms with Gasteiger partial charge >= 0.3 is 5.97 Å². The second kappa shape index (κ2) is 5.47. The molecule has 1 saturated heterocycles. The molecule has 0 aliphatic carbocycles. The highest BCUT2D eigenvalue weighted by atomic mass is 16.4. The molecule has 0 radical (unpaired) electrons. The molecule has 1 rings (SSSR count). The summed E-state index contributed by atoms with van der Waals surface area (Å²) < 4.78 is 0. The number of aliphatic carboxylic acids is 1. The minimum atomic E-state index is -0.902. The molecular weight excluding hydrogens is 192 g/mol. The van der Waals surface area contributed by atoms with Gasteiger partial charge in [-0.15, -0.1) is 0 Å². The van der Waals surface area contributed by atoms with E-state index in [1.54, 1.807) is 0 Å². The van der Waals surface area contributed by atoms with Crippen molar-refractivity contribution in [1.82, 2.24) is 4.90 Å². The molecule has 0 aromatic carbocycles. The summed E-state index contributed by atoms with van der Waals surface area (Å²) in [5, 5.41) is 8.70. The molecule has 1 aliphatic rings. The summed E-state index contributed by atoms with van der Waals surface area (Å²) in [6.07, 6.45) is 2.34. The normalized spacial score (nSPS) is 21.9. The minimum Gasteiger partial charge on any atom is -0.480 e. The lowest BCUT2D eigenvalue weighted by molar-refractivity contribution is -0.139. The highest BCUT2D eigenvalue weighted by Crippen LogP contribution is 2.24. The van der Waals surface area contributed by atoms with Gasteiger partial charge < -0.3 is 15.7 Å². The predicted molar refractivity (Wildman–Crippen MR) is 59.6 cm³/mol. The molecule has 0 bridgehead atoms. The zero-order valence-electron chi connectivity index (χ0n) is 9.65. The maximum Gasteiger partial charge on any atom is 0.321 e. The van der Waals surface area contributed by atoms with Crippen molar-refractivity contribution in [2.24, 2.45) is 17.6 Å². The fraction of sp³-hybridized carbons (Fsp3) is 0.909. The third-order valence-electron chi connectivity index (χ3n) is 3.35. The Bertz CT molecular complexity index is 211. The average molecular weight is 214 g/mol. The first-order chi connectivity index (χ1) is 7.00. The lowest BCUT2D eigenvalue weighted by Gasteiger charge is -2.34. The van der Waals surface area contributed by atoms with Gasteiger partial charge in [0.25, 0.3) is 0 Å². The highest BCUT2D eigenvalue weighted by Gasteiger charge is 2.24. The van der Waals surface area contributed by atoms with E-state index < -0.39 is 12.0 Å². The molecule has 1 aliphatic heterocycles. The van der Waals surface area contributed by atoms with Crippen molar-refractivity contribution in [2.75, 3.05) is 19.6 Å². The Balaban J connectivity index is 2.28. The molecule has 1 unspecified atom stereocenters. The van der Waals surface area contributed by atoms with Gasteiger partial charge in [0.1, 0.15) is 6.04 Å². The second-order valence-corrected chi connectivity index (χ2v) is 4.83. The average Bonchev–Trinajstić information content (AvgIpc) is 2.18. The fourth-order valence-corrected chi connectivity index (χ4v) is 2.16. The number of carboxylic acids is 1. The summed E-state index contributed by atoms with van der Waals surface area (Å²) in [6.45, 7) is 6.97. The van der Waals surface area contributed by atoms with Crippen LogP contribution in [0.2, 0.25) is 0 Å². The summed E-state index contributed by atoms with van der Waals surface area (Å²) in [5.41, 5.74) is 5.50. The van der Waals surface area contributed by atoms with Gasteiger partial charge in [-0.25, -0.2) is 0 Å². The molecule has 4 heteroatoms. The lowest BCUT2D eigenvalue weighted by atomic mass is 9.86. The molecule has 1 heterocycles. The third kappa shape index (κ3) is 3.80. The van der Waals surface area contributed by atoms with Crippen LogP contribution < -0.4 is 5.73 Å². The van der Waals surface area contributed by atoms with Crippen molar-refractivity contribution < 1.29 is 9.90 Å². The molecular formula is C11H22N2O2. The van der Waals surface area contributed by atoms with Crippen LogP contribution in [-0.2, 0) is 4.79 Å². The van der Waals surface area contributed by atoms with Crippen LogP contribution in [0.25, 0.3) is 0 Å². The van der Waals surface area contributed by atoms with E-state index in [0.29, 0.717) is 6.54 Å². The largest absolute Gasteiger partial charge is 0.480 e. The van der Waals surface area contributed by atoms with Crippen molar-refractivity contribution in [3.8, 4) is 0 Å². The molecule has 0 spiro atoms. The van der Waals surface area contributed by atoms with Crippen LogP contribution in [0.15, 0.2) is 0 Å². The Morgan fingerprint density at radius 1 is 1.47 bits per heavy atom. The second-order valence-electron chi connectivity index (χ2n) is 4.83. The first-order valence-electron chi connectivity index (χ1n) is 5.71. The summed E-state index contributed by atoms with van der Waals surface area (Å²) in [6, 6.07) is -0.736. The molecule has 1 fully saturated rings. The molecule has 3 N–H and O–H groups in total. The number of rotatable bonds is 4. The molecule has 1 atom stereocenters. The van der Waals surface area contributed by atoms with Crippen LogP contribution in [0.1, 0.15) is 26.7 Å². The van der Waals surface area contributed by atoms with Gasteiger partial charge in [0.15, 0.2) is 0 Å². The van der Waals surface area contributed by atoms with Crippen LogP contribution in [0.4, 0.5) is 0 Å². The van der Waals surface area contributed by atoms with Crippen LogP contribution in [0.5, 0.6) is 0 Å². The number of nitrogens with zero attached hydrogens (tertiary/aromatic N) is 1. The van der Waals surface area contributed by atoms with Gasteiger partial charge in [0, 0.05) is 6.54 Å². The standard InChI is InChI=1S/C11H22N2O2/c1-8(2)9-3-5-13(6-4-9)7-10(12)11(14)15/h8-10H,3-7,12H2,1-2H3,(H,14,15). The molecule has 4 nitrogen and oxygen atoms in total. The number of hydrogen-bond donors (Lipinski definition) is 2. The van der Waals surface area contributed by atoms with Crippen molar-refractivity contribution in [3.63, 3.8) is 0 Å². The molecule has 88 valence electrons. The van der Waals surface area contributed by atoms with E-state index in [4.69, 9.17) is 10.8 Å². The number of piperidine rings is 1. The van der Waals surface area contributed by atoms with E-state index in [9.17, 15) is 4.79 Å². The number of hydrogen-bond acceptors (Lipinski definition) is 3. The van der Waals surface area contributed by atoms with Gasteiger partial charge in [-0.2, -0.15) is 0 Å². The zero-order chi connectivity index (χ0) is 11.4. The monoisotopic (exact) mass is 214 g/mol. The Hall–Kier alpha value is -0.610. The highest BCUT2D eigenvalue weighted by molar-refractivity contribution is 5.73. The van der Waals surface area contributed by atoms with E-state index in [1.165, 1.54) is 12.8 Å². The Kier molecular flexibility index (Phi) is 4.54. The summed E-state index contributed by atoms with van der Waals surface area (Å²) in [4.78, 5) is 12.8. The maximum absolute atomic E-state index is 10.6. The number of carboxylic acid groups (broad SMARTS) is 1. The van der Waals surface area contributed by atoms with Crippen LogP contribution >= 0.6 is 0 Å². The van der Waals surface area contributed by atoms with Crippen molar-refractivity contribution in [1.29, 1.82) is 0 Å². The van der Waals surface area contributed by atoms with Crippen molar-refractivity contribution in [3.05, 3.63) is 0 Å². The van der Waals surface area contributed by atoms with Gasteiger partial charge in [-0.1, -0.05) is 13.8 Å². The third-order valence-corrected chi connectivity index (χ3v) is 3.35. The smallest absolute Gasteiger partial charge is 0.321 e. The van der Waals surface area contributed by atoms with E-state index in [2.05, 4.69) is 18.7 Å². The fourth-order valence-electron chi connectivity index (χ4n) is 2.16. The quantitative estimate of drug-likeness (QED) is 0.725. The Morgan fingerprint density at radius 3 is 2.40 bits per heavy atom. The van der Waals surface area contributed by atoms with E-state index in [1.807, 2.05) is 0 Å². The first-order valence-corrected chi connectivity index (χ1v) is 5.71. The molecule has 0 aromatic rings. The van der Waals surface area contributed by atoms with Crippen LogP contribution in [0, 0.1) is 11.8 Å². The van der Waals surface area contributed by atoms with E-state index >= 15 is 0 Å². The summed E-state index contributed by atoms with van der Waals surface area (Å²) >= 11 is 0. The van der Waals surface area contributed by atoms with E-state index in [-0.39, 0.29) is 0 Å². The first kappa shape index (κ1) is 12.5. The number of carbonyl (C=O) groups is 1. The Morgan fingerprint density at radius 2 is 2.00 bits per heavy atom. The molecule has 0 saturated carbocycles. The molecule has 0 amide bonds. The van der Waals surface area contributed by atoms with Crippen LogP contribution in [-0.4, -0.2) is 41.7 Å². The summed E-state index contributed by atoms with van der Waals surface area (Å²) in [5.74, 6) is 0.628. The SMILES string of the molecule is CC(C)C1CCN(CC(N)C(=O)O)CC1. The van der Waals surface area contributed by atoms with Gasteiger partial charge in [0.2, 0.25) is 0 Å². The van der Waals surface area contributed by atoms with Crippen molar-refractivity contribution in [2.45, 2.75) is 32.7 Å². The Labute approximate surface area is 91.4 Å². The van der Waals surface area contributed by atoms with E-state index in [0.717, 1.165) is 24.9 Å². The number of nitrogens with two attached hydrogens (primary N) is 1. The predicted octanol–water partition coefficient (Wildman–Crippen LogP) is 0.766. The summed E-state index contributed by atoms with van der Waals surface area (Å²) in [7, 11) is 0. The molecule has 15 heavy (non-hydrogen) atoms. The molecule has 0 aromatic heterocycles. The lowest BCUT2D eigenvalue weighted by Crippen LogP contribution is -2.46. The van der Waals surface area contributed by atoms with Gasteiger partial charge in [-0.05, 0) is 37.8 Å². The number of likely N-dealkylation sites (tertiary alicyclic amines) is 1. The zero-order valence-corrected chi connectivity index (χ0v) is 9.65. The minimum absolute atomic E-state index is 0.486. The van der Waals surface area contributed by atoms with Crippen molar-refractivity contribution >= 4 is 5.97 Å². The maximum atomic E-state index is 10.6. The topological polar surface area (TPSA) is 66.6 Å². The van der Waals surface area contributed by atoms with Gasteiger partial charge in [-0.3, -0.25) is 4.79 Å². The van der Waals surface area contributed by atoms with Crippen LogP contribution in [0.3, 0.4) is 0 Å².